The van der Waals surface area contributed by atoms with Crippen molar-refractivity contribution in [1.82, 2.24) is 9.55 Å². The Labute approximate surface area is 130 Å². The van der Waals surface area contributed by atoms with E-state index in [1.54, 1.807) is 0 Å². The summed E-state index contributed by atoms with van der Waals surface area (Å²) in [4.78, 5) is 3.23. The Bertz CT molecular complexity index is 928. The Balaban J connectivity index is 0.000000131. The van der Waals surface area contributed by atoms with Crippen LogP contribution in [0.15, 0.2) is 54.6 Å². The molecule has 0 aliphatic rings. The van der Waals surface area contributed by atoms with Gasteiger partial charge in [0.1, 0.15) is 0 Å². The van der Waals surface area contributed by atoms with Crippen molar-refractivity contribution in [2.45, 2.75) is 13.8 Å². The van der Waals surface area contributed by atoms with Gasteiger partial charge in [0.25, 0.3) is 0 Å². The fourth-order valence-electron chi connectivity index (χ4n) is 2.72. The summed E-state index contributed by atoms with van der Waals surface area (Å²) in [6.45, 7) is 4.16. The number of aryl methyl sites for hydroxylation is 3. The van der Waals surface area contributed by atoms with Crippen LogP contribution in [-0.2, 0) is 7.05 Å². The van der Waals surface area contributed by atoms with E-state index in [-0.39, 0.29) is 0 Å². The largest absolute Gasteiger partial charge is 0.399 e. The van der Waals surface area contributed by atoms with Crippen molar-refractivity contribution in [3.8, 4) is 0 Å². The van der Waals surface area contributed by atoms with E-state index in [0.29, 0.717) is 0 Å². The van der Waals surface area contributed by atoms with Crippen molar-refractivity contribution < 1.29 is 0 Å². The van der Waals surface area contributed by atoms with Gasteiger partial charge in [0.2, 0.25) is 0 Å². The first-order chi connectivity index (χ1) is 10.5. The quantitative estimate of drug-likeness (QED) is 0.459. The predicted octanol–water partition coefficient (Wildman–Crippen LogP) is 4.55. The molecule has 0 saturated heterocycles. The van der Waals surface area contributed by atoms with E-state index in [1.807, 2.05) is 25.1 Å². The number of anilines is 1. The smallest absolute Gasteiger partial charge is 0.0479 e. The molecule has 2 heterocycles. The minimum atomic E-state index is 0.816. The van der Waals surface area contributed by atoms with Gasteiger partial charge in [0.05, 0.1) is 0 Å². The van der Waals surface area contributed by atoms with Crippen LogP contribution in [0, 0.1) is 13.8 Å². The standard InChI is InChI=1S/C10H11N.C9H10N2/c1-8-7-9-5-3-4-6-10(9)11(8)2;1-6-4-7-5-8(10)2-3-9(7)11-6/h3-7H,1-2H3;2-5,11H,10H2,1H3. The average molecular weight is 291 g/mol. The van der Waals surface area contributed by atoms with Crippen LogP contribution < -0.4 is 5.73 Å². The molecule has 3 heteroatoms. The molecule has 4 aromatic rings. The molecule has 0 radical (unpaired) electrons. The predicted molar refractivity (Wildman–Crippen MR) is 95.1 cm³/mol. The molecule has 0 aliphatic heterocycles. The number of fused-ring (bicyclic) bond motifs is 2. The number of hydrogen-bond acceptors (Lipinski definition) is 1. The molecule has 0 bridgehead atoms. The van der Waals surface area contributed by atoms with Gasteiger partial charge in [-0.2, -0.15) is 0 Å². The Hall–Kier alpha value is -2.68. The van der Waals surface area contributed by atoms with Gasteiger partial charge in [-0.05, 0) is 55.6 Å². The van der Waals surface area contributed by atoms with Crippen molar-refractivity contribution >= 4 is 27.5 Å². The van der Waals surface area contributed by atoms with Crippen LogP contribution in [0.4, 0.5) is 5.69 Å². The summed E-state index contributed by atoms with van der Waals surface area (Å²) in [6.07, 6.45) is 0. The second-order valence-corrected chi connectivity index (χ2v) is 5.70. The lowest BCUT2D eigenvalue weighted by Crippen LogP contribution is -1.88. The molecule has 0 saturated carbocycles. The fraction of sp³-hybridized carbons (Fsp3) is 0.158. The Morgan fingerprint density at radius 1 is 0.909 bits per heavy atom. The number of aromatic amines is 1. The molecule has 22 heavy (non-hydrogen) atoms. The number of aromatic nitrogens is 2. The lowest BCUT2D eigenvalue weighted by molar-refractivity contribution is 0.918. The minimum absolute atomic E-state index is 0.816. The van der Waals surface area contributed by atoms with Crippen molar-refractivity contribution in [2.75, 3.05) is 5.73 Å². The molecule has 4 rings (SSSR count). The first-order valence-corrected chi connectivity index (χ1v) is 7.40. The van der Waals surface area contributed by atoms with Crippen molar-refractivity contribution in [2.24, 2.45) is 7.05 Å². The summed E-state index contributed by atoms with van der Waals surface area (Å²) in [5.74, 6) is 0. The highest BCUT2D eigenvalue weighted by Crippen LogP contribution is 2.17. The third-order valence-electron chi connectivity index (χ3n) is 3.97. The van der Waals surface area contributed by atoms with Crippen LogP contribution in [0.3, 0.4) is 0 Å². The summed E-state index contributed by atoms with van der Waals surface area (Å²) < 4.78 is 2.20. The first kappa shape index (κ1) is 14.3. The number of nitrogen functional groups attached to an aromatic ring is 1. The van der Waals surface area contributed by atoms with Crippen LogP contribution in [0.25, 0.3) is 21.8 Å². The normalized spacial score (nSPS) is 10.7. The summed E-state index contributed by atoms with van der Waals surface area (Å²) in [5, 5.41) is 2.51. The number of hydrogen-bond donors (Lipinski definition) is 2. The highest BCUT2D eigenvalue weighted by Gasteiger charge is 1.98. The number of benzene rings is 2. The van der Waals surface area contributed by atoms with E-state index < -0.39 is 0 Å². The topological polar surface area (TPSA) is 46.7 Å². The number of nitrogens with one attached hydrogen (secondary N) is 1. The zero-order chi connectivity index (χ0) is 15.7. The van der Waals surface area contributed by atoms with E-state index in [1.165, 1.54) is 27.7 Å². The molecule has 0 unspecified atom stereocenters. The molecule has 2 aromatic carbocycles. The molecule has 0 spiro atoms. The molecular weight excluding hydrogens is 270 g/mol. The van der Waals surface area contributed by atoms with E-state index >= 15 is 0 Å². The third kappa shape index (κ3) is 2.70. The molecule has 3 nitrogen and oxygen atoms in total. The van der Waals surface area contributed by atoms with E-state index in [0.717, 1.165) is 11.2 Å². The monoisotopic (exact) mass is 291 g/mol. The van der Waals surface area contributed by atoms with Crippen molar-refractivity contribution in [3.63, 3.8) is 0 Å². The Kier molecular flexibility index (Phi) is 3.63. The summed E-state index contributed by atoms with van der Waals surface area (Å²) in [5.41, 5.74) is 11.4. The van der Waals surface area contributed by atoms with Crippen LogP contribution >= 0.6 is 0 Å². The second kappa shape index (κ2) is 5.60. The number of para-hydroxylation sites is 1. The molecule has 0 atom stereocenters. The van der Waals surface area contributed by atoms with Gasteiger partial charge in [-0.25, -0.2) is 0 Å². The van der Waals surface area contributed by atoms with Gasteiger partial charge in [0.15, 0.2) is 0 Å². The van der Waals surface area contributed by atoms with Gasteiger partial charge in [-0.3, -0.25) is 0 Å². The van der Waals surface area contributed by atoms with Crippen LogP contribution in [-0.4, -0.2) is 9.55 Å². The average Bonchev–Trinajstić information content (AvgIpc) is 2.99. The van der Waals surface area contributed by atoms with Crippen molar-refractivity contribution in [1.29, 1.82) is 0 Å². The second-order valence-electron chi connectivity index (χ2n) is 5.70. The van der Waals surface area contributed by atoms with Crippen LogP contribution in [0.1, 0.15) is 11.4 Å². The van der Waals surface area contributed by atoms with E-state index in [9.17, 15) is 0 Å². The highest BCUT2D eigenvalue weighted by molar-refractivity contribution is 5.83. The number of nitrogens with zero attached hydrogens (tertiary/aromatic N) is 1. The van der Waals surface area contributed by atoms with Crippen LogP contribution in [0.2, 0.25) is 0 Å². The van der Waals surface area contributed by atoms with Gasteiger partial charge >= 0.3 is 0 Å². The maximum absolute atomic E-state index is 5.62. The van der Waals surface area contributed by atoms with Crippen LogP contribution in [0.5, 0.6) is 0 Å². The van der Waals surface area contributed by atoms with Gasteiger partial charge in [-0.1, -0.05) is 18.2 Å². The van der Waals surface area contributed by atoms with Gasteiger partial charge < -0.3 is 15.3 Å². The van der Waals surface area contributed by atoms with Gasteiger partial charge in [0, 0.05) is 40.5 Å². The van der Waals surface area contributed by atoms with Gasteiger partial charge in [-0.15, -0.1) is 0 Å². The zero-order valence-corrected chi connectivity index (χ0v) is 13.2. The summed E-state index contributed by atoms with van der Waals surface area (Å²) >= 11 is 0. The molecular formula is C19H21N3. The highest BCUT2D eigenvalue weighted by atomic mass is 14.9. The molecule has 112 valence electrons. The summed E-state index contributed by atoms with van der Waals surface area (Å²) in [7, 11) is 2.09. The molecule has 0 aliphatic carbocycles. The maximum Gasteiger partial charge on any atom is 0.0479 e. The van der Waals surface area contributed by atoms with E-state index in [4.69, 9.17) is 5.73 Å². The lowest BCUT2D eigenvalue weighted by Gasteiger charge is -1.96. The lowest BCUT2D eigenvalue weighted by atomic mass is 10.2. The van der Waals surface area contributed by atoms with Crippen molar-refractivity contribution in [3.05, 3.63) is 66.0 Å². The van der Waals surface area contributed by atoms with E-state index in [2.05, 4.69) is 59.9 Å². The molecule has 0 fully saturated rings. The SMILES string of the molecule is Cc1cc2cc(N)ccc2[nH]1.Cc1cc2ccccc2n1C. The first-order valence-electron chi connectivity index (χ1n) is 7.40. The fourth-order valence-corrected chi connectivity index (χ4v) is 2.72. The molecule has 3 N–H and O–H groups in total. The summed E-state index contributed by atoms with van der Waals surface area (Å²) in [6, 6.07) is 18.6. The maximum atomic E-state index is 5.62. The number of rotatable bonds is 0. The molecule has 2 aromatic heterocycles. The number of nitrogens with two attached hydrogens (primary N) is 1. The third-order valence-corrected chi connectivity index (χ3v) is 3.97. The minimum Gasteiger partial charge on any atom is -0.399 e. The number of H-pyrrole nitrogens is 1. The Morgan fingerprint density at radius 2 is 1.68 bits per heavy atom. The molecule has 0 amide bonds. The Morgan fingerprint density at radius 3 is 2.45 bits per heavy atom. The zero-order valence-electron chi connectivity index (χ0n) is 13.2.